The van der Waals surface area contributed by atoms with Crippen LogP contribution in [0.5, 0.6) is 0 Å². The van der Waals surface area contributed by atoms with Crippen LogP contribution >= 0.6 is 15.9 Å². The second-order valence-corrected chi connectivity index (χ2v) is 6.91. The quantitative estimate of drug-likeness (QED) is 0.921. The van der Waals surface area contributed by atoms with Gasteiger partial charge in [-0.3, -0.25) is 9.52 Å². The molecule has 1 fully saturated rings. The van der Waals surface area contributed by atoms with Gasteiger partial charge in [0.2, 0.25) is 15.9 Å². The lowest BCUT2D eigenvalue weighted by atomic mass is 10.1. The molecule has 2 unspecified atom stereocenters. The van der Waals surface area contributed by atoms with Crippen LogP contribution in [0.3, 0.4) is 0 Å². The number of nitrogens with one attached hydrogen (secondary N) is 1. The van der Waals surface area contributed by atoms with Crippen molar-refractivity contribution >= 4 is 31.9 Å². The Kier molecular flexibility index (Phi) is 3.27. The van der Waals surface area contributed by atoms with Gasteiger partial charge in [0, 0.05) is 10.4 Å². The number of hydrogen-bond donors (Lipinski definition) is 1. The van der Waals surface area contributed by atoms with E-state index < -0.39 is 15.9 Å². The molecule has 1 aliphatic rings. The Morgan fingerprint density at radius 1 is 1.47 bits per heavy atom. The highest BCUT2D eigenvalue weighted by Crippen LogP contribution is 2.47. The molecule has 0 aliphatic heterocycles. The van der Waals surface area contributed by atoms with Crippen molar-refractivity contribution in [1.29, 1.82) is 0 Å². The van der Waals surface area contributed by atoms with Crippen LogP contribution in [0.2, 0.25) is 0 Å². The Hall–Kier alpha value is -0.880. The van der Waals surface area contributed by atoms with Crippen molar-refractivity contribution in [3.63, 3.8) is 0 Å². The molecule has 1 aromatic rings. The van der Waals surface area contributed by atoms with Crippen molar-refractivity contribution in [3.05, 3.63) is 34.3 Å². The first-order valence-corrected chi connectivity index (χ1v) is 7.82. The number of benzene rings is 1. The molecule has 0 radical (unpaired) electrons. The Morgan fingerprint density at radius 2 is 2.18 bits per heavy atom. The van der Waals surface area contributed by atoms with Gasteiger partial charge in [-0.15, -0.1) is 0 Å². The maximum atomic E-state index is 11.6. The second-order valence-electron chi connectivity index (χ2n) is 4.24. The minimum absolute atomic E-state index is 0.134. The molecule has 6 heteroatoms. The SMILES string of the molecule is CS(=O)(=O)NC(=O)C1CC1c1cccc(Br)c1. The zero-order valence-electron chi connectivity index (χ0n) is 9.18. The summed E-state index contributed by atoms with van der Waals surface area (Å²) in [6.07, 6.45) is 1.69. The van der Waals surface area contributed by atoms with Gasteiger partial charge in [-0.25, -0.2) is 8.42 Å². The Morgan fingerprint density at radius 3 is 2.76 bits per heavy atom. The summed E-state index contributed by atoms with van der Waals surface area (Å²) in [5.41, 5.74) is 1.06. The molecule has 0 bridgehead atoms. The maximum Gasteiger partial charge on any atom is 0.237 e. The first-order chi connectivity index (χ1) is 7.87. The van der Waals surface area contributed by atoms with Crippen molar-refractivity contribution in [3.8, 4) is 0 Å². The van der Waals surface area contributed by atoms with Crippen molar-refractivity contribution in [2.24, 2.45) is 5.92 Å². The van der Waals surface area contributed by atoms with Crippen LogP contribution < -0.4 is 4.72 Å². The first kappa shape index (κ1) is 12.6. The van der Waals surface area contributed by atoms with E-state index in [0.29, 0.717) is 6.42 Å². The molecule has 17 heavy (non-hydrogen) atoms. The van der Waals surface area contributed by atoms with Gasteiger partial charge in [0.1, 0.15) is 0 Å². The normalized spacial score (nSPS) is 23.2. The summed E-state index contributed by atoms with van der Waals surface area (Å²) in [5.74, 6) is -0.495. The number of carbonyl (C=O) groups is 1. The molecule has 0 heterocycles. The summed E-state index contributed by atoms with van der Waals surface area (Å²) in [4.78, 5) is 11.6. The van der Waals surface area contributed by atoms with Gasteiger partial charge >= 0.3 is 0 Å². The standard InChI is InChI=1S/C11H12BrNO3S/c1-17(15,16)13-11(14)10-6-9(10)7-3-2-4-8(12)5-7/h2-5,9-10H,6H2,1H3,(H,13,14). The molecule has 0 spiro atoms. The molecule has 1 aromatic carbocycles. The number of hydrogen-bond acceptors (Lipinski definition) is 3. The zero-order chi connectivity index (χ0) is 12.6. The molecular weight excluding hydrogens is 306 g/mol. The summed E-state index contributed by atoms with van der Waals surface area (Å²) >= 11 is 3.37. The molecule has 0 aromatic heterocycles. The van der Waals surface area contributed by atoms with Crippen molar-refractivity contribution in [2.45, 2.75) is 12.3 Å². The molecule has 1 saturated carbocycles. The summed E-state index contributed by atoms with van der Waals surface area (Å²) in [6, 6.07) is 7.72. The van der Waals surface area contributed by atoms with Gasteiger partial charge in [-0.05, 0) is 30.0 Å². The fourth-order valence-corrected chi connectivity index (χ4v) is 2.78. The van der Waals surface area contributed by atoms with E-state index in [0.717, 1.165) is 16.3 Å². The summed E-state index contributed by atoms with van der Waals surface area (Å²) in [6.45, 7) is 0. The van der Waals surface area contributed by atoms with Gasteiger partial charge in [0.15, 0.2) is 0 Å². The van der Waals surface area contributed by atoms with Gasteiger partial charge in [-0.1, -0.05) is 28.1 Å². The van der Waals surface area contributed by atoms with E-state index in [1.807, 2.05) is 29.0 Å². The highest BCUT2D eigenvalue weighted by molar-refractivity contribution is 9.10. The van der Waals surface area contributed by atoms with Crippen molar-refractivity contribution in [2.75, 3.05) is 6.26 Å². The van der Waals surface area contributed by atoms with E-state index in [9.17, 15) is 13.2 Å². The second kappa shape index (κ2) is 4.42. The van der Waals surface area contributed by atoms with E-state index in [2.05, 4.69) is 15.9 Å². The van der Waals surface area contributed by atoms with Crippen molar-refractivity contribution in [1.82, 2.24) is 4.72 Å². The largest absolute Gasteiger partial charge is 0.274 e. The Bertz CT molecular complexity index is 556. The average Bonchev–Trinajstić information content (AvgIpc) is 2.94. The molecule has 4 nitrogen and oxygen atoms in total. The lowest BCUT2D eigenvalue weighted by Gasteiger charge is -2.02. The third kappa shape index (κ3) is 3.29. The lowest BCUT2D eigenvalue weighted by Crippen LogP contribution is -2.30. The maximum absolute atomic E-state index is 11.6. The van der Waals surface area contributed by atoms with Crippen LogP contribution in [0, 0.1) is 5.92 Å². The minimum atomic E-state index is -3.45. The van der Waals surface area contributed by atoms with E-state index >= 15 is 0 Å². The lowest BCUT2D eigenvalue weighted by molar-refractivity contribution is -0.120. The molecule has 2 atom stereocenters. The predicted molar refractivity (Wildman–Crippen MR) is 68.0 cm³/mol. The predicted octanol–water partition coefficient (Wildman–Crippen LogP) is 1.63. The smallest absolute Gasteiger partial charge is 0.237 e. The fraction of sp³-hybridized carbons (Fsp3) is 0.364. The molecule has 1 N–H and O–H groups in total. The van der Waals surface area contributed by atoms with E-state index in [1.165, 1.54) is 0 Å². The van der Waals surface area contributed by atoms with Crippen LogP contribution in [0.25, 0.3) is 0 Å². The fourth-order valence-electron chi connectivity index (χ4n) is 1.85. The first-order valence-electron chi connectivity index (χ1n) is 5.14. The molecule has 0 saturated heterocycles. The summed E-state index contributed by atoms with van der Waals surface area (Å²) in [5, 5.41) is 0. The third-order valence-corrected chi connectivity index (χ3v) is 3.76. The van der Waals surface area contributed by atoms with Gasteiger partial charge in [-0.2, -0.15) is 0 Å². The number of sulfonamides is 1. The van der Waals surface area contributed by atoms with E-state index in [-0.39, 0.29) is 11.8 Å². The molecule has 1 amide bonds. The topological polar surface area (TPSA) is 63.2 Å². The number of amides is 1. The minimum Gasteiger partial charge on any atom is -0.274 e. The van der Waals surface area contributed by atoms with Crippen LogP contribution in [-0.4, -0.2) is 20.6 Å². The number of carbonyl (C=O) groups excluding carboxylic acids is 1. The van der Waals surface area contributed by atoms with E-state index in [1.54, 1.807) is 0 Å². The number of halogens is 1. The molecule has 1 aliphatic carbocycles. The van der Waals surface area contributed by atoms with Crippen molar-refractivity contribution < 1.29 is 13.2 Å². The zero-order valence-corrected chi connectivity index (χ0v) is 11.6. The molecule has 2 rings (SSSR count). The summed E-state index contributed by atoms with van der Waals surface area (Å²) < 4.78 is 24.8. The number of rotatable bonds is 3. The van der Waals surface area contributed by atoms with Gasteiger partial charge < -0.3 is 0 Å². The third-order valence-electron chi connectivity index (χ3n) is 2.69. The summed E-state index contributed by atoms with van der Waals surface area (Å²) in [7, 11) is -3.45. The van der Waals surface area contributed by atoms with Crippen LogP contribution in [0.1, 0.15) is 17.9 Å². The van der Waals surface area contributed by atoms with E-state index in [4.69, 9.17) is 0 Å². The highest BCUT2D eigenvalue weighted by atomic mass is 79.9. The average molecular weight is 318 g/mol. The van der Waals surface area contributed by atoms with Crippen LogP contribution in [0.15, 0.2) is 28.7 Å². The highest BCUT2D eigenvalue weighted by Gasteiger charge is 2.44. The molecule has 92 valence electrons. The van der Waals surface area contributed by atoms with Gasteiger partial charge in [0.25, 0.3) is 0 Å². The van der Waals surface area contributed by atoms with Crippen LogP contribution in [-0.2, 0) is 14.8 Å². The van der Waals surface area contributed by atoms with Crippen LogP contribution in [0.4, 0.5) is 0 Å². The monoisotopic (exact) mass is 317 g/mol. The Labute approximate surface area is 109 Å². The molecular formula is C11H12BrNO3S. The Balaban J connectivity index is 2.04. The van der Waals surface area contributed by atoms with Gasteiger partial charge in [0.05, 0.1) is 6.26 Å².